The number of rotatable bonds is 3. The van der Waals surface area contributed by atoms with Gasteiger partial charge in [0, 0.05) is 11.1 Å². The number of hydrogen-bond acceptors (Lipinski definition) is 4. The van der Waals surface area contributed by atoms with E-state index in [1.54, 1.807) is 37.3 Å². The van der Waals surface area contributed by atoms with E-state index in [4.69, 9.17) is 0 Å². The van der Waals surface area contributed by atoms with Crippen LogP contribution in [0.5, 0.6) is 0 Å². The van der Waals surface area contributed by atoms with Crippen LogP contribution in [0.25, 0.3) is 0 Å². The first kappa shape index (κ1) is 17.1. The fourth-order valence-corrected chi connectivity index (χ4v) is 2.24. The molecule has 0 aliphatic heterocycles. The van der Waals surface area contributed by atoms with Gasteiger partial charge in [-0.15, -0.1) is 0 Å². The summed E-state index contributed by atoms with van der Waals surface area (Å²) in [5.41, 5.74) is 1.30. The molecule has 2 rings (SSSR count). The Morgan fingerprint density at radius 2 is 1.65 bits per heavy atom. The van der Waals surface area contributed by atoms with Gasteiger partial charge in [-0.1, -0.05) is 36.4 Å². The predicted octanol–water partition coefficient (Wildman–Crippen LogP) is -0.866. The van der Waals surface area contributed by atoms with Gasteiger partial charge < -0.3 is 4.55 Å². The van der Waals surface area contributed by atoms with Gasteiger partial charge in [0.15, 0.2) is 5.78 Å². The molecule has 0 radical (unpaired) electrons. The number of benzene rings is 2. The summed E-state index contributed by atoms with van der Waals surface area (Å²) in [4.78, 5) is 11.9. The van der Waals surface area contributed by atoms with Gasteiger partial charge in [0.2, 0.25) is 0 Å². The van der Waals surface area contributed by atoms with Crippen molar-refractivity contribution in [3.8, 4) is 0 Å². The van der Waals surface area contributed by atoms with Crippen LogP contribution in [0, 0.1) is 6.92 Å². The first-order valence-corrected chi connectivity index (χ1v) is 6.97. The number of carbonyl (C=O) groups is 1. The van der Waals surface area contributed by atoms with E-state index in [2.05, 4.69) is 0 Å². The molecular formula is C14H11NaO4S. The van der Waals surface area contributed by atoms with E-state index in [0.29, 0.717) is 11.1 Å². The van der Waals surface area contributed by atoms with Gasteiger partial charge >= 0.3 is 29.6 Å². The Balaban J connectivity index is 0.00000200. The zero-order valence-corrected chi connectivity index (χ0v) is 14.0. The van der Waals surface area contributed by atoms with E-state index >= 15 is 0 Å². The van der Waals surface area contributed by atoms with Crippen molar-refractivity contribution in [2.75, 3.05) is 0 Å². The molecule has 0 bridgehead atoms. The maximum atomic E-state index is 12.2. The second kappa shape index (κ2) is 6.65. The Hall–Kier alpha value is -0.980. The summed E-state index contributed by atoms with van der Waals surface area (Å²) in [5.74, 6) is -0.302. The van der Waals surface area contributed by atoms with Gasteiger partial charge in [-0.2, -0.15) is 0 Å². The van der Waals surface area contributed by atoms with Crippen molar-refractivity contribution in [1.29, 1.82) is 0 Å². The Morgan fingerprint density at radius 3 is 2.20 bits per heavy atom. The molecule has 0 aromatic heterocycles. The number of hydrogen-bond donors (Lipinski definition) is 0. The smallest absolute Gasteiger partial charge is 0.744 e. The molecule has 20 heavy (non-hydrogen) atoms. The van der Waals surface area contributed by atoms with Crippen LogP contribution in [-0.2, 0) is 10.1 Å². The van der Waals surface area contributed by atoms with Crippen molar-refractivity contribution in [3.63, 3.8) is 0 Å². The fraction of sp³-hybridized carbons (Fsp3) is 0.0714. The van der Waals surface area contributed by atoms with E-state index in [0.717, 1.165) is 6.07 Å². The normalized spacial score (nSPS) is 10.7. The third-order valence-electron chi connectivity index (χ3n) is 2.78. The SMILES string of the molecule is Cc1ccc(S(=O)(=O)[O-])cc1C(=O)c1ccccc1.[Na+]. The summed E-state index contributed by atoms with van der Waals surface area (Å²) in [5, 5.41) is 0. The van der Waals surface area contributed by atoms with Crippen LogP contribution < -0.4 is 29.6 Å². The molecule has 0 saturated carbocycles. The van der Waals surface area contributed by atoms with E-state index < -0.39 is 15.0 Å². The second-order valence-electron chi connectivity index (χ2n) is 4.13. The summed E-state index contributed by atoms with van der Waals surface area (Å²) < 4.78 is 33.0. The van der Waals surface area contributed by atoms with Crippen molar-refractivity contribution in [2.45, 2.75) is 11.8 Å². The summed E-state index contributed by atoms with van der Waals surface area (Å²) in [7, 11) is -4.56. The van der Waals surface area contributed by atoms with E-state index in [9.17, 15) is 17.8 Å². The van der Waals surface area contributed by atoms with Gasteiger partial charge in [-0.05, 0) is 24.6 Å². The van der Waals surface area contributed by atoms with E-state index in [-0.39, 0.29) is 40.9 Å². The van der Waals surface area contributed by atoms with Gasteiger partial charge in [-0.3, -0.25) is 4.79 Å². The molecule has 0 amide bonds. The molecule has 98 valence electrons. The molecule has 0 aliphatic rings. The number of aryl methyl sites for hydroxylation is 1. The molecule has 0 fully saturated rings. The molecule has 6 heteroatoms. The Labute approximate surface area is 139 Å². The summed E-state index contributed by atoms with van der Waals surface area (Å²) >= 11 is 0. The third kappa shape index (κ3) is 3.77. The molecule has 4 nitrogen and oxygen atoms in total. The molecule has 0 spiro atoms. The zero-order chi connectivity index (χ0) is 14.0. The van der Waals surface area contributed by atoms with Gasteiger partial charge in [0.25, 0.3) is 0 Å². The molecule has 0 unspecified atom stereocenters. The van der Waals surface area contributed by atoms with Crippen LogP contribution >= 0.6 is 0 Å². The predicted molar refractivity (Wildman–Crippen MR) is 69.0 cm³/mol. The van der Waals surface area contributed by atoms with Crippen LogP contribution in [0.2, 0.25) is 0 Å². The van der Waals surface area contributed by atoms with Crippen molar-refractivity contribution >= 4 is 15.9 Å². The first-order valence-electron chi connectivity index (χ1n) is 5.56. The molecular weight excluding hydrogens is 287 g/mol. The van der Waals surface area contributed by atoms with Crippen LogP contribution in [-0.4, -0.2) is 18.8 Å². The molecule has 0 N–H and O–H groups in total. The molecule has 0 heterocycles. The van der Waals surface area contributed by atoms with E-state index in [1.165, 1.54) is 12.1 Å². The quantitative estimate of drug-likeness (QED) is 0.420. The Kier molecular flexibility index (Phi) is 5.68. The fourth-order valence-electron chi connectivity index (χ4n) is 1.75. The maximum absolute atomic E-state index is 12.2. The van der Waals surface area contributed by atoms with Crippen molar-refractivity contribution < 1.29 is 47.3 Å². The summed E-state index contributed by atoms with van der Waals surface area (Å²) in [6.45, 7) is 1.69. The maximum Gasteiger partial charge on any atom is 1.00 e. The minimum Gasteiger partial charge on any atom is -0.744 e. The number of carbonyl (C=O) groups excluding carboxylic acids is 1. The first-order chi connectivity index (χ1) is 8.89. The zero-order valence-electron chi connectivity index (χ0n) is 11.2. The van der Waals surface area contributed by atoms with E-state index in [1.807, 2.05) is 0 Å². The van der Waals surface area contributed by atoms with Gasteiger partial charge in [-0.25, -0.2) is 8.42 Å². The van der Waals surface area contributed by atoms with Gasteiger partial charge in [0.05, 0.1) is 4.90 Å². The molecule has 2 aromatic carbocycles. The monoisotopic (exact) mass is 298 g/mol. The minimum absolute atomic E-state index is 0. The Bertz CT molecular complexity index is 724. The minimum atomic E-state index is -4.56. The largest absolute Gasteiger partial charge is 1.00 e. The van der Waals surface area contributed by atoms with Gasteiger partial charge in [0.1, 0.15) is 10.1 Å². The van der Waals surface area contributed by atoms with Crippen LogP contribution in [0.15, 0.2) is 53.4 Å². The summed E-state index contributed by atoms with van der Waals surface area (Å²) in [6.07, 6.45) is 0. The van der Waals surface area contributed by atoms with Crippen LogP contribution in [0.4, 0.5) is 0 Å². The van der Waals surface area contributed by atoms with Crippen molar-refractivity contribution in [2.24, 2.45) is 0 Å². The molecule has 0 saturated heterocycles. The molecule has 0 aliphatic carbocycles. The molecule has 0 atom stereocenters. The second-order valence-corrected chi connectivity index (χ2v) is 5.51. The van der Waals surface area contributed by atoms with Crippen molar-refractivity contribution in [1.82, 2.24) is 0 Å². The average molecular weight is 298 g/mol. The Morgan fingerprint density at radius 1 is 1.05 bits per heavy atom. The average Bonchev–Trinajstić information content (AvgIpc) is 2.38. The van der Waals surface area contributed by atoms with Crippen molar-refractivity contribution in [3.05, 3.63) is 65.2 Å². The third-order valence-corrected chi connectivity index (χ3v) is 3.61. The molecule has 2 aromatic rings. The number of ketones is 1. The van der Waals surface area contributed by atoms with Crippen LogP contribution in [0.3, 0.4) is 0 Å². The standard InChI is InChI=1S/C14H12O4S.Na/c1-10-7-8-12(19(16,17)18)9-13(10)14(15)11-5-3-2-4-6-11;/h2-9H,1H3,(H,16,17,18);/q;+1/p-1. The van der Waals surface area contributed by atoms with Crippen LogP contribution in [0.1, 0.15) is 21.5 Å². The topological polar surface area (TPSA) is 74.3 Å². The summed E-state index contributed by atoms with van der Waals surface area (Å²) in [6, 6.07) is 12.3.